The molecule has 0 radical (unpaired) electrons. The Morgan fingerprint density at radius 3 is 2.30 bits per heavy atom. The number of amides is 1. The second-order valence-electron chi connectivity index (χ2n) is 6.45. The number of alkyl carbamates (subject to hydrolysis) is 1. The molecule has 0 saturated carbocycles. The van der Waals surface area contributed by atoms with E-state index in [1.165, 1.54) is 12.1 Å². The van der Waals surface area contributed by atoms with Gasteiger partial charge in [0.25, 0.3) is 0 Å². The minimum Gasteiger partial charge on any atom is -0.508 e. The fourth-order valence-electron chi connectivity index (χ4n) is 3.51. The van der Waals surface area contributed by atoms with Gasteiger partial charge in [0.1, 0.15) is 18.2 Å². The van der Waals surface area contributed by atoms with Gasteiger partial charge in [0.05, 0.1) is 0 Å². The Hall–Kier alpha value is -3.34. The maximum atomic E-state index is 13.7. The minimum absolute atomic E-state index is 0.0272. The van der Waals surface area contributed by atoms with E-state index in [1.54, 1.807) is 0 Å². The van der Waals surface area contributed by atoms with Crippen molar-refractivity contribution in [1.29, 1.82) is 0 Å². The fraction of sp³-hybridized carbons (Fsp3) is 0.136. The molecule has 0 aliphatic heterocycles. The number of hydrogen-bond donors (Lipinski definition) is 2. The molecule has 0 heterocycles. The van der Waals surface area contributed by atoms with Gasteiger partial charge >= 0.3 is 6.09 Å². The molecule has 27 heavy (non-hydrogen) atoms. The average molecular weight is 363 g/mol. The van der Waals surface area contributed by atoms with Gasteiger partial charge in [-0.05, 0) is 40.5 Å². The summed E-state index contributed by atoms with van der Waals surface area (Å²) in [4.78, 5) is 12.1. The molecular weight excluding hydrogens is 345 g/mol. The number of rotatable bonds is 4. The highest BCUT2D eigenvalue weighted by atomic mass is 19.1. The van der Waals surface area contributed by atoms with E-state index in [9.17, 15) is 14.3 Å². The second-order valence-corrected chi connectivity index (χ2v) is 6.45. The summed E-state index contributed by atoms with van der Waals surface area (Å²) in [7, 11) is 0. The topological polar surface area (TPSA) is 58.6 Å². The highest BCUT2D eigenvalue weighted by Crippen LogP contribution is 2.44. The molecule has 4 rings (SSSR count). The Morgan fingerprint density at radius 1 is 1.00 bits per heavy atom. The van der Waals surface area contributed by atoms with Crippen LogP contribution in [0.5, 0.6) is 5.75 Å². The first-order chi connectivity index (χ1) is 13.1. The minimum atomic E-state index is -0.625. The van der Waals surface area contributed by atoms with Crippen molar-refractivity contribution in [2.24, 2.45) is 0 Å². The first-order valence-electron chi connectivity index (χ1n) is 8.69. The number of carbonyl (C=O) groups is 1. The van der Waals surface area contributed by atoms with Crippen molar-refractivity contribution < 1.29 is 19.0 Å². The largest absolute Gasteiger partial charge is 0.508 e. The lowest BCUT2D eigenvalue weighted by atomic mass is 9.98. The van der Waals surface area contributed by atoms with E-state index in [1.807, 2.05) is 36.4 Å². The fourth-order valence-corrected chi connectivity index (χ4v) is 3.51. The Bertz CT molecular complexity index is 957. The number of carbonyl (C=O) groups excluding carboxylic acids is 1. The predicted octanol–water partition coefficient (Wildman–Crippen LogP) is 4.57. The van der Waals surface area contributed by atoms with Gasteiger partial charge in [0, 0.05) is 18.0 Å². The van der Waals surface area contributed by atoms with Crippen molar-refractivity contribution in [3.05, 3.63) is 89.2 Å². The van der Waals surface area contributed by atoms with Crippen LogP contribution < -0.4 is 5.32 Å². The van der Waals surface area contributed by atoms with Crippen LogP contribution in [0.4, 0.5) is 9.18 Å². The van der Waals surface area contributed by atoms with Gasteiger partial charge in [-0.1, -0.05) is 48.5 Å². The smallest absolute Gasteiger partial charge is 0.407 e. The lowest BCUT2D eigenvalue weighted by molar-refractivity contribution is 0.142. The molecule has 0 unspecified atom stereocenters. The number of phenols is 1. The molecule has 136 valence electrons. The monoisotopic (exact) mass is 363 g/mol. The summed E-state index contributed by atoms with van der Waals surface area (Å²) in [6.07, 6.45) is -0.625. The summed E-state index contributed by atoms with van der Waals surface area (Å²) in [5.41, 5.74) is 4.77. The molecular formula is C22H18FNO3. The normalized spacial score (nSPS) is 12.3. The van der Waals surface area contributed by atoms with Crippen molar-refractivity contribution in [1.82, 2.24) is 5.32 Å². The van der Waals surface area contributed by atoms with Crippen molar-refractivity contribution >= 4 is 6.09 Å². The number of fused-ring (bicyclic) bond motifs is 3. The molecule has 1 aliphatic carbocycles. The van der Waals surface area contributed by atoms with Crippen LogP contribution in [-0.2, 0) is 11.3 Å². The van der Waals surface area contributed by atoms with Crippen LogP contribution in [0.25, 0.3) is 11.1 Å². The Morgan fingerprint density at radius 2 is 1.63 bits per heavy atom. The third-order valence-electron chi connectivity index (χ3n) is 4.80. The Kier molecular flexibility index (Phi) is 4.50. The van der Waals surface area contributed by atoms with Crippen molar-refractivity contribution in [2.45, 2.75) is 12.5 Å². The molecule has 3 aromatic carbocycles. The molecule has 0 spiro atoms. The van der Waals surface area contributed by atoms with Gasteiger partial charge in [-0.15, -0.1) is 0 Å². The van der Waals surface area contributed by atoms with E-state index < -0.39 is 11.9 Å². The van der Waals surface area contributed by atoms with Crippen LogP contribution in [0, 0.1) is 5.82 Å². The van der Waals surface area contributed by atoms with Gasteiger partial charge in [0.15, 0.2) is 0 Å². The van der Waals surface area contributed by atoms with E-state index in [2.05, 4.69) is 17.4 Å². The van der Waals surface area contributed by atoms with Crippen molar-refractivity contribution in [3.63, 3.8) is 0 Å². The first kappa shape index (κ1) is 17.1. The predicted molar refractivity (Wildman–Crippen MR) is 100.0 cm³/mol. The molecule has 0 bridgehead atoms. The number of phenolic OH excluding ortho intramolecular Hbond substituents is 1. The summed E-state index contributed by atoms with van der Waals surface area (Å²) in [5.74, 6) is -0.576. The Labute approximate surface area is 156 Å². The zero-order valence-electron chi connectivity index (χ0n) is 14.5. The van der Waals surface area contributed by atoms with Crippen molar-refractivity contribution in [2.75, 3.05) is 6.61 Å². The summed E-state index contributed by atoms with van der Waals surface area (Å²) < 4.78 is 19.1. The number of halogens is 1. The molecule has 0 aromatic heterocycles. The lowest BCUT2D eigenvalue weighted by Crippen LogP contribution is -2.26. The zero-order valence-corrected chi connectivity index (χ0v) is 14.5. The van der Waals surface area contributed by atoms with E-state index >= 15 is 0 Å². The maximum absolute atomic E-state index is 13.7. The third-order valence-corrected chi connectivity index (χ3v) is 4.80. The molecule has 0 saturated heterocycles. The molecule has 1 amide bonds. The standard InChI is InChI=1S/C22H18FNO3/c23-21-10-9-15(25)11-14(21)12-24-22(26)27-13-20-18-7-3-1-5-16(18)17-6-2-4-8-19(17)20/h1-11,20,25H,12-13H2,(H,24,26). The van der Waals surface area contributed by atoms with Gasteiger partial charge in [-0.2, -0.15) is 0 Å². The molecule has 2 N–H and O–H groups in total. The SMILES string of the molecule is O=C(NCc1cc(O)ccc1F)OCC1c2ccccc2-c2ccccc21. The molecule has 5 heteroatoms. The molecule has 4 nitrogen and oxygen atoms in total. The summed E-state index contributed by atoms with van der Waals surface area (Å²) in [6, 6.07) is 19.9. The van der Waals surface area contributed by atoms with E-state index in [0.29, 0.717) is 0 Å². The van der Waals surface area contributed by atoms with Crippen LogP contribution in [0.15, 0.2) is 66.7 Å². The Balaban J connectivity index is 1.43. The number of ether oxygens (including phenoxy) is 1. The number of aromatic hydroxyl groups is 1. The highest BCUT2D eigenvalue weighted by Gasteiger charge is 2.28. The maximum Gasteiger partial charge on any atom is 0.407 e. The summed E-state index contributed by atoms with van der Waals surface area (Å²) in [6.45, 7) is 0.138. The van der Waals surface area contributed by atoms with Gasteiger partial charge in [0.2, 0.25) is 0 Å². The molecule has 0 atom stereocenters. The lowest BCUT2D eigenvalue weighted by Gasteiger charge is -2.14. The van der Waals surface area contributed by atoms with Crippen LogP contribution in [0.2, 0.25) is 0 Å². The summed E-state index contributed by atoms with van der Waals surface area (Å²) in [5, 5.41) is 12.0. The average Bonchev–Trinajstić information content (AvgIpc) is 3.01. The van der Waals surface area contributed by atoms with Crippen molar-refractivity contribution in [3.8, 4) is 16.9 Å². The number of nitrogens with one attached hydrogen (secondary N) is 1. The number of benzene rings is 3. The van der Waals surface area contributed by atoms with Gasteiger partial charge in [-0.25, -0.2) is 9.18 Å². The molecule has 0 fully saturated rings. The highest BCUT2D eigenvalue weighted by molar-refractivity contribution is 5.79. The van der Waals surface area contributed by atoms with E-state index in [4.69, 9.17) is 4.74 Å². The van der Waals surface area contributed by atoms with E-state index in [0.717, 1.165) is 28.3 Å². The number of hydrogen-bond acceptors (Lipinski definition) is 3. The van der Waals surface area contributed by atoms with Crippen LogP contribution >= 0.6 is 0 Å². The molecule has 3 aromatic rings. The second kappa shape index (κ2) is 7.11. The summed E-state index contributed by atoms with van der Waals surface area (Å²) >= 11 is 0. The van der Waals surface area contributed by atoms with Crippen LogP contribution in [-0.4, -0.2) is 17.8 Å². The third kappa shape index (κ3) is 3.36. The van der Waals surface area contributed by atoms with E-state index in [-0.39, 0.29) is 30.4 Å². The van der Waals surface area contributed by atoms with Gasteiger partial charge < -0.3 is 15.2 Å². The van der Waals surface area contributed by atoms with Crippen LogP contribution in [0.1, 0.15) is 22.6 Å². The zero-order chi connectivity index (χ0) is 18.8. The first-order valence-corrected chi connectivity index (χ1v) is 8.69. The van der Waals surface area contributed by atoms with Gasteiger partial charge in [-0.3, -0.25) is 0 Å². The quantitative estimate of drug-likeness (QED) is 0.714. The molecule has 1 aliphatic rings. The van der Waals surface area contributed by atoms with Crippen LogP contribution in [0.3, 0.4) is 0 Å².